The Labute approximate surface area is 230 Å². The maximum absolute atomic E-state index is 13.2. The molecule has 5 nitrogen and oxygen atoms in total. The first-order valence-corrected chi connectivity index (χ1v) is 13.0. The molecule has 0 saturated carbocycles. The van der Waals surface area contributed by atoms with Crippen molar-refractivity contribution in [3.8, 4) is 16.9 Å². The third-order valence-electron chi connectivity index (χ3n) is 6.22. The van der Waals surface area contributed by atoms with Gasteiger partial charge in [-0.2, -0.15) is 30.3 Å². The number of hydrogen-bond acceptors (Lipinski definition) is 4. The van der Waals surface area contributed by atoms with Gasteiger partial charge in [0.2, 0.25) is 9.84 Å². The zero-order valence-electron chi connectivity index (χ0n) is 20.0. The number of pyridine rings is 2. The van der Waals surface area contributed by atoms with E-state index < -0.39 is 9.84 Å². The zero-order valence-corrected chi connectivity index (χ0v) is 23.1. The van der Waals surface area contributed by atoms with Gasteiger partial charge in [-0.25, -0.2) is 29.5 Å². The molecule has 3 heterocycles. The minimum absolute atomic E-state index is 0. The normalized spacial score (nSPS) is 11.5. The SMILES string of the molecule is Cc1ccc(-n2c3[c-]c(-c4[c-]c(S(=O)(=O)c5cc(C)ccn5)ccc4)ccc3c3ccccc32)nc1.[Pt+2]. The van der Waals surface area contributed by atoms with Gasteiger partial charge in [0.1, 0.15) is 5.82 Å². The molecular formula is C30H21N3O2PtS. The fourth-order valence-corrected chi connectivity index (χ4v) is 5.68. The summed E-state index contributed by atoms with van der Waals surface area (Å²) in [5, 5.41) is 2.16. The van der Waals surface area contributed by atoms with Crippen LogP contribution in [0.1, 0.15) is 11.1 Å². The molecule has 184 valence electrons. The third kappa shape index (κ3) is 4.41. The van der Waals surface area contributed by atoms with E-state index in [2.05, 4.69) is 38.8 Å². The number of benzene rings is 3. The number of aromatic nitrogens is 3. The van der Waals surface area contributed by atoms with Crippen molar-refractivity contribution in [1.82, 2.24) is 14.5 Å². The summed E-state index contributed by atoms with van der Waals surface area (Å²) in [4.78, 5) is 8.82. The topological polar surface area (TPSA) is 64.8 Å². The summed E-state index contributed by atoms with van der Waals surface area (Å²) in [7, 11) is -3.81. The van der Waals surface area contributed by atoms with Crippen LogP contribution in [0.5, 0.6) is 0 Å². The number of aryl methyl sites for hydroxylation is 2. The molecule has 0 saturated heterocycles. The Bertz CT molecular complexity index is 1880. The van der Waals surface area contributed by atoms with Crippen LogP contribution in [0.2, 0.25) is 0 Å². The van der Waals surface area contributed by atoms with Crippen molar-refractivity contribution in [2.75, 3.05) is 0 Å². The first-order chi connectivity index (χ1) is 17.4. The summed E-state index contributed by atoms with van der Waals surface area (Å²) in [5.74, 6) is 0.797. The van der Waals surface area contributed by atoms with Gasteiger partial charge in [0.15, 0.2) is 5.03 Å². The second-order valence-corrected chi connectivity index (χ2v) is 10.6. The van der Waals surface area contributed by atoms with Crippen LogP contribution in [-0.4, -0.2) is 23.0 Å². The Morgan fingerprint density at radius 1 is 0.757 bits per heavy atom. The van der Waals surface area contributed by atoms with Crippen molar-refractivity contribution in [1.29, 1.82) is 0 Å². The second kappa shape index (κ2) is 9.69. The van der Waals surface area contributed by atoms with E-state index in [1.165, 1.54) is 6.20 Å². The van der Waals surface area contributed by atoms with Gasteiger partial charge in [-0.05, 0) is 65.0 Å². The molecule has 0 bridgehead atoms. The van der Waals surface area contributed by atoms with E-state index in [-0.39, 0.29) is 31.0 Å². The van der Waals surface area contributed by atoms with Gasteiger partial charge in [0.25, 0.3) is 0 Å². The molecule has 0 aliphatic rings. The fraction of sp³-hybridized carbons (Fsp3) is 0.0667. The van der Waals surface area contributed by atoms with Crippen LogP contribution >= 0.6 is 0 Å². The summed E-state index contributed by atoms with van der Waals surface area (Å²) in [6.45, 7) is 3.85. The van der Waals surface area contributed by atoms with Crippen molar-refractivity contribution in [2.45, 2.75) is 23.8 Å². The molecule has 0 spiro atoms. The van der Waals surface area contributed by atoms with E-state index in [1.54, 1.807) is 24.3 Å². The van der Waals surface area contributed by atoms with Crippen LogP contribution in [0.15, 0.2) is 101 Å². The van der Waals surface area contributed by atoms with Crippen LogP contribution in [0.3, 0.4) is 0 Å². The van der Waals surface area contributed by atoms with E-state index in [0.29, 0.717) is 5.56 Å². The van der Waals surface area contributed by atoms with Crippen molar-refractivity contribution in [3.63, 3.8) is 0 Å². The van der Waals surface area contributed by atoms with Crippen molar-refractivity contribution >= 4 is 31.6 Å². The molecule has 6 aromatic rings. The maximum atomic E-state index is 13.2. The molecule has 7 heteroatoms. The van der Waals surface area contributed by atoms with Gasteiger partial charge in [-0.1, -0.05) is 29.7 Å². The van der Waals surface area contributed by atoms with Gasteiger partial charge in [0.05, 0.1) is 0 Å². The zero-order chi connectivity index (χ0) is 24.9. The Morgan fingerprint density at radius 3 is 2.35 bits per heavy atom. The first-order valence-electron chi connectivity index (χ1n) is 11.5. The molecular weight excluding hydrogens is 661 g/mol. The molecule has 3 aromatic carbocycles. The number of hydrogen-bond donors (Lipinski definition) is 0. The molecule has 0 N–H and O–H groups in total. The molecule has 0 radical (unpaired) electrons. The maximum Gasteiger partial charge on any atom is 2.00 e. The smallest absolute Gasteiger partial charge is 0.314 e. The van der Waals surface area contributed by atoms with Crippen LogP contribution in [0.25, 0.3) is 38.8 Å². The van der Waals surface area contributed by atoms with Crippen LogP contribution in [0.4, 0.5) is 0 Å². The van der Waals surface area contributed by atoms with E-state index >= 15 is 0 Å². The molecule has 0 atom stereocenters. The number of sulfone groups is 1. The predicted molar refractivity (Wildman–Crippen MR) is 141 cm³/mol. The average Bonchev–Trinajstić information content (AvgIpc) is 3.23. The standard InChI is InChI=1S/C30H21N3O2S.Pt/c1-20-14-15-31-30(16-20)36(34,35)24-7-5-6-22(17-24)23-11-12-26-25-8-3-4-9-27(25)33(28(26)18-23)29-13-10-21(2)19-32-29;/h3-16,19H,1-2H3;/q-2;+2. The number of rotatable bonds is 4. The van der Waals surface area contributed by atoms with Crippen LogP contribution in [-0.2, 0) is 30.9 Å². The minimum Gasteiger partial charge on any atom is -0.314 e. The number of fused-ring (bicyclic) bond motifs is 3. The van der Waals surface area contributed by atoms with Gasteiger partial charge < -0.3 is 4.57 Å². The Morgan fingerprint density at radius 2 is 1.57 bits per heavy atom. The molecule has 6 rings (SSSR count). The average molecular weight is 683 g/mol. The number of nitrogens with zero attached hydrogens (tertiary/aromatic N) is 3. The Hall–Kier alpha value is -3.60. The molecule has 0 aliphatic carbocycles. The molecule has 0 aliphatic heterocycles. The molecule has 0 fully saturated rings. The quantitative estimate of drug-likeness (QED) is 0.205. The molecule has 0 amide bonds. The molecule has 0 unspecified atom stereocenters. The van der Waals surface area contributed by atoms with E-state index in [1.807, 2.05) is 62.5 Å². The van der Waals surface area contributed by atoms with Gasteiger partial charge >= 0.3 is 21.1 Å². The fourth-order valence-electron chi connectivity index (χ4n) is 4.41. The summed E-state index contributed by atoms with van der Waals surface area (Å²) >= 11 is 0. The molecule has 3 aromatic heterocycles. The minimum atomic E-state index is -3.81. The van der Waals surface area contributed by atoms with Crippen LogP contribution in [0, 0.1) is 26.0 Å². The van der Waals surface area contributed by atoms with Crippen molar-refractivity contribution in [3.05, 3.63) is 115 Å². The summed E-state index contributed by atoms with van der Waals surface area (Å²) in [6, 6.07) is 31.3. The van der Waals surface area contributed by atoms with Gasteiger partial charge in [-0.15, -0.1) is 12.1 Å². The third-order valence-corrected chi connectivity index (χ3v) is 7.81. The molecule has 37 heavy (non-hydrogen) atoms. The predicted octanol–water partition coefficient (Wildman–Crippen LogP) is 6.29. The van der Waals surface area contributed by atoms with Crippen molar-refractivity contribution < 1.29 is 29.5 Å². The summed E-state index contributed by atoms with van der Waals surface area (Å²) in [6.07, 6.45) is 3.35. The van der Waals surface area contributed by atoms with Crippen molar-refractivity contribution in [2.24, 2.45) is 0 Å². The van der Waals surface area contributed by atoms with Gasteiger partial charge in [-0.3, -0.25) is 0 Å². The largest absolute Gasteiger partial charge is 2.00 e. The van der Waals surface area contributed by atoms with E-state index in [4.69, 9.17) is 0 Å². The van der Waals surface area contributed by atoms with Crippen LogP contribution < -0.4 is 0 Å². The van der Waals surface area contributed by atoms with Gasteiger partial charge in [0, 0.05) is 17.9 Å². The number of para-hydroxylation sites is 1. The van der Waals surface area contributed by atoms with E-state index in [9.17, 15) is 8.42 Å². The monoisotopic (exact) mass is 682 g/mol. The van der Waals surface area contributed by atoms with E-state index in [0.717, 1.165) is 44.3 Å². The second-order valence-electron chi connectivity index (χ2n) is 8.78. The Kier molecular flexibility index (Phi) is 6.57. The first kappa shape index (κ1) is 25.1. The summed E-state index contributed by atoms with van der Waals surface area (Å²) < 4.78 is 28.6. The summed E-state index contributed by atoms with van der Waals surface area (Å²) in [5.41, 5.74) is 5.19. The Balaban J connectivity index is 0.00000280.